The molecule has 2 heteroatoms. The van der Waals surface area contributed by atoms with Crippen molar-refractivity contribution in [3.63, 3.8) is 0 Å². The zero-order valence-corrected chi connectivity index (χ0v) is 12.6. The first-order chi connectivity index (χ1) is 9.63. The molecule has 0 aliphatic rings. The summed E-state index contributed by atoms with van der Waals surface area (Å²) >= 11 is 0. The molecule has 1 atom stereocenters. The average Bonchev–Trinajstić information content (AvgIpc) is 2.52. The second-order valence-corrected chi connectivity index (χ2v) is 5.64. The van der Waals surface area contributed by atoms with Crippen molar-refractivity contribution in [3.05, 3.63) is 42.5 Å². The highest BCUT2D eigenvalue weighted by molar-refractivity contribution is 5.94. The van der Waals surface area contributed by atoms with E-state index in [1.807, 2.05) is 6.92 Å². The standard InChI is InChI=1S/C18H23NO/c1-4-18(3,14-20)13-19(5-2)17-12-8-10-15-9-6-7-11-16(15)17/h6-12,14H,4-5,13H2,1-3H3. The quantitative estimate of drug-likeness (QED) is 0.729. The van der Waals surface area contributed by atoms with Gasteiger partial charge in [0.15, 0.2) is 0 Å². The zero-order chi connectivity index (χ0) is 14.6. The van der Waals surface area contributed by atoms with Crippen molar-refractivity contribution >= 4 is 22.7 Å². The molecule has 2 nitrogen and oxygen atoms in total. The first-order valence-corrected chi connectivity index (χ1v) is 7.32. The molecule has 106 valence electrons. The SMILES string of the molecule is CCN(CC(C)(C=O)CC)c1cccc2ccccc12. The molecule has 0 heterocycles. The van der Waals surface area contributed by atoms with Crippen LogP contribution < -0.4 is 4.90 Å². The second kappa shape index (κ2) is 6.08. The molecule has 2 rings (SSSR count). The van der Waals surface area contributed by atoms with E-state index in [4.69, 9.17) is 0 Å². The smallest absolute Gasteiger partial charge is 0.127 e. The molecule has 0 fully saturated rings. The number of hydrogen-bond donors (Lipinski definition) is 0. The van der Waals surface area contributed by atoms with Crippen molar-refractivity contribution in [3.8, 4) is 0 Å². The van der Waals surface area contributed by atoms with E-state index in [-0.39, 0.29) is 5.41 Å². The van der Waals surface area contributed by atoms with Crippen LogP contribution in [-0.4, -0.2) is 19.4 Å². The van der Waals surface area contributed by atoms with E-state index >= 15 is 0 Å². The summed E-state index contributed by atoms with van der Waals surface area (Å²) < 4.78 is 0. The molecular formula is C18H23NO. The Morgan fingerprint density at radius 2 is 1.80 bits per heavy atom. The highest BCUT2D eigenvalue weighted by Gasteiger charge is 2.24. The van der Waals surface area contributed by atoms with Gasteiger partial charge in [0.2, 0.25) is 0 Å². The summed E-state index contributed by atoms with van der Waals surface area (Å²) in [5.41, 5.74) is 0.930. The largest absolute Gasteiger partial charge is 0.370 e. The van der Waals surface area contributed by atoms with Gasteiger partial charge in [-0.3, -0.25) is 0 Å². The minimum atomic E-state index is -0.285. The summed E-state index contributed by atoms with van der Waals surface area (Å²) in [6.45, 7) is 7.91. The van der Waals surface area contributed by atoms with E-state index in [9.17, 15) is 4.79 Å². The third kappa shape index (κ3) is 2.84. The second-order valence-electron chi connectivity index (χ2n) is 5.64. The van der Waals surface area contributed by atoms with Crippen LogP contribution in [0.15, 0.2) is 42.5 Å². The number of fused-ring (bicyclic) bond motifs is 1. The van der Waals surface area contributed by atoms with E-state index in [1.165, 1.54) is 16.5 Å². The molecule has 0 amide bonds. The lowest BCUT2D eigenvalue weighted by molar-refractivity contribution is -0.115. The van der Waals surface area contributed by atoms with E-state index in [0.717, 1.165) is 25.8 Å². The van der Waals surface area contributed by atoms with Gasteiger partial charge in [0.05, 0.1) is 0 Å². The van der Waals surface area contributed by atoms with Crippen molar-refractivity contribution in [1.29, 1.82) is 0 Å². The van der Waals surface area contributed by atoms with Crippen LogP contribution in [0.25, 0.3) is 10.8 Å². The third-order valence-corrected chi connectivity index (χ3v) is 4.13. The summed E-state index contributed by atoms with van der Waals surface area (Å²) in [6, 6.07) is 14.8. The zero-order valence-electron chi connectivity index (χ0n) is 12.6. The number of aldehydes is 1. The lowest BCUT2D eigenvalue weighted by atomic mass is 9.88. The van der Waals surface area contributed by atoms with Gasteiger partial charge in [-0.1, -0.05) is 50.2 Å². The molecule has 0 saturated carbocycles. The Bertz CT molecular complexity index is 587. The first-order valence-electron chi connectivity index (χ1n) is 7.32. The van der Waals surface area contributed by atoms with Gasteiger partial charge in [-0.25, -0.2) is 0 Å². The molecular weight excluding hydrogens is 246 g/mol. The molecule has 2 aromatic carbocycles. The summed E-state index contributed by atoms with van der Waals surface area (Å²) in [4.78, 5) is 13.7. The highest BCUT2D eigenvalue weighted by atomic mass is 16.1. The Morgan fingerprint density at radius 1 is 1.10 bits per heavy atom. The van der Waals surface area contributed by atoms with Crippen molar-refractivity contribution in [2.45, 2.75) is 27.2 Å². The van der Waals surface area contributed by atoms with Crippen LogP contribution in [0.4, 0.5) is 5.69 Å². The number of nitrogens with zero attached hydrogens (tertiary/aromatic N) is 1. The van der Waals surface area contributed by atoms with Gasteiger partial charge in [0.25, 0.3) is 0 Å². The molecule has 0 aliphatic carbocycles. The molecule has 2 aromatic rings. The van der Waals surface area contributed by atoms with E-state index in [1.54, 1.807) is 0 Å². The van der Waals surface area contributed by atoms with Crippen LogP contribution in [-0.2, 0) is 4.79 Å². The Hall–Kier alpha value is -1.83. The van der Waals surface area contributed by atoms with Crippen molar-refractivity contribution in [2.24, 2.45) is 5.41 Å². The van der Waals surface area contributed by atoms with Gasteiger partial charge in [0.1, 0.15) is 6.29 Å². The van der Waals surface area contributed by atoms with Gasteiger partial charge < -0.3 is 9.69 Å². The molecule has 0 aromatic heterocycles. The first kappa shape index (κ1) is 14.6. The number of benzene rings is 2. The molecule has 0 bridgehead atoms. The van der Waals surface area contributed by atoms with Gasteiger partial charge in [-0.15, -0.1) is 0 Å². The lowest BCUT2D eigenvalue weighted by Gasteiger charge is -2.32. The highest BCUT2D eigenvalue weighted by Crippen LogP contribution is 2.29. The Kier molecular flexibility index (Phi) is 4.43. The number of carbonyl (C=O) groups is 1. The summed E-state index contributed by atoms with van der Waals surface area (Å²) in [5, 5.41) is 2.49. The van der Waals surface area contributed by atoms with Crippen LogP contribution in [0.2, 0.25) is 0 Å². The monoisotopic (exact) mass is 269 g/mol. The van der Waals surface area contributed by atoms with Crippen LogP contribution in [0.3, 0.4) is 0 Å². The molecule has 0 saturated heterocycles. The van der Waals surface area contributed by atoms with Gasteiger partial charge in [-0.05, 0) is 24.8 Å². The number of hydrogen-bond acceptors (Lipinski definition) is 2. The fourth-order valence-corrected chi connectivity index (χ4v) is 2.52. The number of rotatable bonds is 6. The fraction of sp³-hybridized carbons (Fsp3) is 0.389. The van der Waals surface area contributed by atoms with E-state index < -0.39 is 0 Å². The Labute approximate surface area is 121 Å². The third-order valence-electron chi connectivity index (χ3n) is 4.13. The van der Waals surface area contributed by atoms with E-state index in [0.29, 0.717) is 0 Å². The topological polar surface area (TPSA) is 20.3 Å². The van der Waals surface area contributed by atoms with Crippen LogP contribution in [0, 0.1) is 5.41 Å². The van der Waals surface area contributed by atoms with Crippen molar-refractivity contribution < 1.29 is 4.79 Å². The maximum Gasteiger partial charge on any atom is 0.127 e. The molecule has 0 N–H and O–H groups in total. The van der Waals surface area contributed by atoms with Gasteiger partial charge in [0, 0.05) is 29.6 Å². The molecule has 0 aliphatic heterocycles. The molecule has 0 radical (unpaired) electrons. The van der Waals surface area contributed by atoms with Crippen molar-refractivity contribution in [1.82, 2.24) is 0 Å². The van der Waals surface area contributed by atoms with Gasteiger partial charge >= 0.3 is 0 Å². The summed E-state index contributed by atoms with van der Waals surface area (Å²) in [7, 11) is 0. The molecule has 20 heavy (non-hydrogen) atoms. The predicted octanol–water partition coefficient (Wildman–Crippen LogP) is 4.28. The van der Waals surface area contributed by atoms with Crippen LogP contribution in [0.5, 0.6) is 0 Å². The predicted molar refractivity (Wildman–Crippen MR) is 86.3 cm³/mol. The van der Waals surface area contributed by atoms with Crippen LogP contribution in [0.1, 0.15) is 27.2 Å². The Morgan fingerprint density at radius 3 is 2.45 bits per heavy atom. The number of carbonyl (C=O) groups excluding carboxylic acids is 1. The minimum Gasteiger partial charge on any atom is -0.370 e. The molecule has 0 spiro atoms. The average molecular weight is 269 g/mol. The number of anilines is 1. The summed E-state index contributed by atoms with van der Waals surface area (Å²) in [5.74, 6) is 0. The minimum absolute atomic E-state index is 0.285. The van der Waals surface area contributed by atoms with Crippen LogP contribution >= 0.6 is 0 Å². The normalized spacial score (nSPS) is 13.9. The lowest BCUT2D eigenvalue weighted by Crippen LogP contribution is -2.36. The van der Waals surface area contributed by atoms with Gasteiger partial charge in [-0.2, -0.15) is 0 Å². The fourth-order valence-electron chi connectivity index (χ4n) is 2.52. The van der Waals surface area contributed by atoms with E-state index in [2.05, 4.69) is 61.2 Å². The summed E-state index contributed by atoms with van der Waals surface area (Å²) in [6.07, 6.45) is 1.96. The van der Waals surface area contributed by atoms with Crippen molar-refractivity contribution in [2.75, 3.05) is 18.0 Å². The maximum atomic E-state index is 11.4. The molecule has 1 unspecified atom stereocenters. The Balaban J connectivity index is 2.42. The maximum absolute atomic E-state index is 11.4.